The van der Waals surface area contributed by atoms with Gasteiger partial charge in [-0.15, -0.1) is 0 Å². The average Bonchev–Trinajstić information content (AvgIpc) is 2.74. The van der Waals surface area contributed by atoms with Crippen molar-refractivity contribution in [3.63, 3.8) is 0 Å². The molecule has 150 valence electrons. The van der Waals surface area contributed by atoms with Crippen LogP contribution in [-0.2, 0) is 7.05 Å². The lowest BCUT2D eigenvalue weighted by Gasteiger charge is -2.37. The first-order valence-electron chi connectivity index (χ1n) is 9.51. The van der Waals surface area contributed by atoms with Crippen LogP contribution in [0.1, 0.15) is 68.0 Å². The van der Waals surface area contributed by atoms with E-state index < -0.39 is 17.9 Å². The molecule has 3 saturated carbocycles. The zero-order chi connectivity index (χ0) is 19.4. The summed E-state index contributed by atoms with van der Waals surface area (Å²) in [5.41, 5.74) is 1.66. The molecule has 0 radical (unpaired) electrons. The Morgan fingerprint density at radius 3 is 2.26 bits per heavy atom. The lowest BCUT2D eigenvalue weighted by molar-refractivity contribution is -0.108. The summed E-state index contributed by atoms with van der Waals surface area (Å²) in [5, 5.41) is 9.70. The van der Waals surface area contributed by atoms with Crippen molar-refractivity contribution < 1.29 is 22.4 Å². The van der Waals surface area contributed by atoms with Crippen molar-refractivity contribution in [2.24, 2.45) is 13.0 Å². The second-order valence-corrected chi connectivity index (χ2v) is 8.33. The first-order valence-corrected chi connectivity index (χ1v) is 9.51. The van der Waals surface area contributed by atoms with Gasteiger partial charge in [0.15, 0.2) is 5.82 Å². The van der Waals surface area contributed by atoms with Gasteiger partial charge in [-0.05, 0) is 24.7 Å². The highest BCUT2D eigenvalue weighted by Crippen LogP contribution is 2.52. The Hall–Kier alpha value is -1.80. The fourth-order valence-electron chi connectivity index (χ4n) is 4.40. The molecule has 3 aliphatic rings. The van der Waals surface area contributed by atoms with Crippen molar-refractivity contribution in [2.75, 3.05) is 11.9 Å². The molecule has 1 aromatic heterocycles. The van der Waals surface area contributed by atoms with E-state index in [0.717, 1.165) is 30.5 Å². The minimum atomic E-state index is -2.62. The first kappa shape index (κ1) is 18.6. The third-order valence-corrected chi connectivity index (χ3v) is 6.08. The van der Waals surface area contributed by atoms with Crippen molar-refractivity contribution >= 4 is 11.8 Å². The summed E-state index contributed by atoms with van der Waals surface area (Å²) >= 11 is 0. The number of halogens is 4. The number of urea groups is 1. The first-order chi connectivity index (χ1) is 12.6. The number of nitrogens with one attached hydrogen (secondary N) is 2. The summed E-state index contributed by atoms with van der Waals surface area (Å²) in [6.45, 7) is 0.189. The summed E-state index contributed by atoms with van der Waals surface area (Å²) < 4.78 is 54.1. The largest absolute Gasteiger partial charge is 0.338 e. The van der Waals surface area contributed by atoms with Crippen LogP contribution in [0.2, 0.25) is 0 Å². The molecular formula is C18H24F4N4O. The van der Waals surface area contributed by atoms with Crippen molar-refractivity contribution in [3.8, 4) is 0 Å². The van der Waals surface area contributed by atoms with Crippen LogP contribution in [0.15, 0.2) is 0 Å². The highest BCUT2D eigenvalue weighted by atomic mass is 19.3. The Morgan fingerprint density at radius 1 is 1.11 bits per heavy atom. The third-order valence-electron chi connectivity index (χ3n) is 6.08. The molecule has 0 atom stereocenters. The zero-order valence-electron chi connectivity index (χ0n) is 15.2. The number of hydrogen-bond donors (Lipinski definition) is 2. The Morgan fingerprint density at radius 2 is 1.74 bits per heavy atom. The Balaban J connectivity index is 1.43. The molecule has 0 aliphatic heterocycles. The van der Waals surface area contributed by atoms with Gasteiger partial charge in [0.1, 0.15) is 0 Å². The van der Waals surface area contributed by atoms with Crippen molar-refractivity contribution in [1.29, 1.82) is 0 Å². The van der Waals surface area contributed by atoms with Gasteiger partial charge < -0.3 is 5.32 Å². The third kappa shape index (κ3) is 3.65. The normalized spacial score (nSPS) is 24.6. The maximum Gasteiger partial charge on any atom is 0.320 e. The smallest absolute Gasteiger partial charge is 0.320 e. The lowest BCUT2D eigenvalue weighted by Crippen LogP contribution is -2.43. The fraction of sp³-hybridized carbons (Fsp3) is 0.778. The van der Waals surface area contributed by atoms with Gasteiger partial charge in [0.25, 0.3) is 0 Å². The molecule has 0 unspecified atom stereocenters. The number of anilines is 1. The number of rotatable bonds is 5. The van der Waals surface area contributed by atoms with Gasteiger partial charge in [0.2, 0.25) is 11.8 Å². The van der Waals surface area contributed by atoms with E-state index in [1.807, 2.05) is 0 Å². The summed E-state index contributed by atoms with van der Waals surface area (Å²) in [6.07, 6.45) is 2.20. The van der Waals surface area contributed by atoms with Crippen LogP contribution in [0, 0.1) is 5.92 Å². The van der Waals surface area contributed by atoms with Crippen molar-refractivity contribution in [3.05, 3.63) is 11.3 Å². The molecule has 2 amide bonds. The van der Waals surface area contributed by atoms with E-state index in [1.165, 1.54) is 0 Å². The lowest BCUT2D eigenvalue weighted by atomic mass is 9.72. The van der Waals surface area contributed by atoms with Crippen LogP contribution >= 0.6 is 0 Å². The monoisotopic (exact) mass is 388 g/mol. The number of aryl methyl sites for hydroxylation is 1. The molecule has 0 saturated heterocycles. The summed E-state index contributed by atoms with van der Waals surface area (Å²) in [6, 6.07) is -0.491. The molecule has 2 N–H and O–H groups in total. The highest BCUT2D eigenvalue weighted by molar-refractivity contribution is 5.89. The molecular weight excluding hydrogens is 364 g/mol. The molecule has 0 aromatic carbocycles. The average molecular weight is 388 g/mol. The minimum Gasteiger partial charge on any atom is -0.338 e. The molecule has 1 aromatic rings. The van der Waals surface area contributed by atoms with Gasteiger partial charge >= 0.3 is 6.03 Å². The Labute approximate surface area is 154 Å². The molecule has 0 spiro atoms. The predicted molar refractivity (Wildman–Crippen MR) is 91.4 cm³/mol. The van der Waals surface area contributed by atoms with Gasteiger partial charge in [0.05, 0.1) is 0 Å². The number of amides is 2. The minimum absolute atomic E-state index is 0.187. The van der Waals surface area contributed by atoms with E-state index in [1.54, 1.807) is 11.7 Å². The quantitative estimate of drug-likeness (QED) is 0.736. The second-order valence-electron chi connectivity index (χ2n) is 8.33. The number of alkyl halides is 4. The standard InChI is InChI=1S/C18H24F4N4O/c1-26-14(12-7-18(21,22)8-12)13(11-3-2-4-11)15(25-26)24-16(27)23-9-10-5-17(19,20)6-10/h10-12H,2-9H2,1H3,(H2,23,24,25,27). The van der Waals surface area contributed by atoms with Crippen LogP contribution in [0.25, 0.3) is 0 Å². The van der Waals surface area contributed by atoms with Crippen LogP contribution in [-0.4, -0.2) is 34.2 Å². The van der Waals surface area contributed by atoms with Crippen LogP contribution in [0.5, 0.6) is 0 Å². The van der Waals surface area contributed by atoms with E-state index in [9.17, 15) is 22.4 Å². The van der Waals surface area contributed by atoms with Gasteiger partial charge in [0, 0.05) is 56.5 Å². The predicted octanol–water partition coefficient (Wildman–Crippen LogP) is 4.37. The highest BCUT2D eigenvalue weighted by Gasteiger charge is 2.49. The summed E-state index contributed by atoms with van der Waals surface area (Å²) in [4.78, 5) is 12.2. The maximum absolute atomic E-state index is 13.4. The zero-order valence-corrected chi connectivity index (χ0v) is 15.2. The number of hydrogen-bond acceptors (Lipinski definition) is 2. The molecule has 0 bridgehead atoms. The second kappa shape index (κ2) is 6.38. The van der Waals surface area contributed by atoms with Gasteiger partial charge in [-0.1, -0.05) is 6.42 Å². The van der Waals surface area contributed by atoms with E-state index in [-0.39, 0.29) is 50.0 Å². The van der Waals surface area contributed by atoms with Crippen LogP contribution < -0.4 is 10.6 Å². The SMILES string of the molecule is Cn1nc(NC(=O)NCC2CC(F)(F)C2)c(C2CCC2)c1C1CC(F)(F)C1. The van der Waals surface area contributed by atoms with Crippen molar-refractivity contribution in [1.82, 2.24) is 15.1 Å². The number of carbonyl (C=O) groups excluding carboxylic acids is 1. The van der Waals surface area contributed by atoms with Gasteiger partial charge in [-0.25, -0.2) is 22.4 Å². The fourth-order valence-corrected chi connectivity index (χ4v) is 4.40. The Kier molecular flexibility index (Phi) is 4.38. The Bertz CT molecular complexity index is 728. The molecule has 1 heterocycles. The van der Waals surface area contributed by atoms with E-state index >= 15 is 0 Å². The van der Waals surface area contributed by atoms with E-state index in [0.29, 0.717) is 5.82 Å². The number of carbonyl (C=O) groups is 1. The summed E-state index contributed by atoms with van der Waals surface area (Å²) in [7, 11) is 1.72. The van der Waals surface area contributed by atoms with Gasteiger partial charge in [-0.2, -0.15) is 5.10 Å². The van der Waals surface area contributed by atoms with Crippen molar-refractivity contribution in [2.45, 2.75) is 68.6 Å². The number of nitrogens with zero attached hydrogens (tertiary/aromatic N) is 2. The molecule has 9 heteroatoms. The van der Waals surface area contributed by atoms with E-state index in [2.05, 4.69) is 15.7 Å². The maximum atomic E-state index is 13.4. The molecule has 3 fully saturated rings. The van der Waals surface area contributed by atoms with Gasteiger partial charge in [-0.3, -0.25) is 10.00 Å². The van der Waals surface area contributed by atoms with Crippen LogP contribution in [0.4, 0.5) is 28.2 Å². The molecule has 3 aliphatic carbocycles. The van der Waals surface area contributed by atoms with E-state index in [4.69, 9.17) is 0 Å². The molecule has 4 rings (SSSR count). The summed E-state index contributed by atoms with van der Waals surface area (Å²) in [5.74, 6) is -5.06. The molecule has 27 heavy (non-hydrogen) atoms. The molecule has 5 nitrogen and oxygen atoms in total. The topological polar surface area (TPSA) is 59.0 Å². The number of aromatic nitrogens is 2. The van der Waals surface area contributed by atoms with Crippen LogP contribution in [0.3, 0.4) is 0 Å².